The van der Waals surface area contributed by atoms with Crippen LogP contribution in [0.3, 0.4) is 0 Å². The Labute approximate surface area is 164 Å². The van der Waals surface area contributed by atoms with Crippen molar-refractivity contribution in [2.45, 2.75) is 13.0 Å². The Hall–Kier alpha value is -2.99. The Morgan fingerprint density at radius 2 is 2.00 bits per heavy atom. The van der Waals surface area contributed by atoms with Gasteiger partial charge in [-0.05, 0) is 49.4 Å². The molecule has 132 valence electrons. The SMILES string of the molecule is C[C@H]1N=C(c2ccccn2)c2cc(Br)ccc2-n2cnc(-c3ccco3)c21. The molecule has 1 aliphatic rings. The van der Waals surface area contributed by atoms with E-state index in [1.54, 1.807) is 12.5 Å². The molecule has 5 nitrogen and oxygen atoms in total. The zero-order chi connectivity index (χ0) is 18.4. The van der Waals surface area contributed by atoms with E-state index in [9.17, 15) is 0 Å². The summed E-state index contributed by atoms with van der Waals surface area (Å²) in [4.78, 5) is 14.2. The smallest absolute Gasteiger partial charge is 0.154 e. The highest BCUT2D eigenvalue weighted by Crippen LogP contribution is 2.36. The molecule has 1 atom stereocenters. The van der Waals surface area contributed by atoms with Crippen LogP contribution >= 0.6 is 15.9 Å². The lowest BCUT2D eigenvalue weighted by Crippen LogP contribution is -2.08. The van der Waals surface area contributed by atoms with Gasteiger partial charge in [0.2, 0.25) is 0 Å². The molecule has 27 heavy (non-hydrogen) atoms. The number of imidazole rings is 1. The number of aromatic nitrogens is 3. The van der Waals surface area contributed by atoms with Crippen LogP contribution in [0, 0.1) is 0 Å². The minimum atomic E-state index is -0.115. The van der Waals surface area contributed by atoms with Gasteiger partial charge in [0.1, 0.15) is 12.0 Å². The largest absolute Gasteiger partial charge is 0.463 e. The van der Waals surface area contributed by atoms with Crippen LogP contribution in [0.2, 0.25) is 0 Å². The fourth-order valence-corrected chi connectivity index (χ4v) is 3.85. The van der Waals surface area contributed by atoms with Crippen molar-refractivity contribution in [3.05, 3.63) is 88.7 Å². The number of fused-ring (bicyclic) bond motifs is 3. The lowest BCUT2D eigenvalue weighted by molar-refractivity contribution is 0.578. The monoisotopic (exact) mass is 418 g/mol. The molecule has 1 aliphatic heterocycles. The van der Waals surface area contributed by atoms with E-state index in [2.05, 4.69) is 49.5 Å². The maximum Gasteiger partial charge on any atom is 0.154 e. The lowest BCUT2D eigenvalue weighted by atomic mass is 10.0. The van der Waals surface area contributed by atoms with Gasteiger partial charge in [-0.25, -0.2) is 4.98 Å². The van der Waals surface area contributed by atoms with Crippen LogP contribution in [-0.2, 0) is 0 Å². The van der Waals surface area contributed by atoms with Crippen molar-refractivity contribution < 1.29 is 4.42 Å². The van der Waals surface area contributed by atoms with E-state index >= 15 is 0 Å². The average molecular weight is 419 g/mol. The summed E-state index contributed by atoms with van der Waals surface area (Å²) >= 11 is 3.59. The van der Waals surface area contributed by atoms with Gasteiger partial charge in [-0.2, -0.15) is 0 Å². The maximum absolute atomic E-state index is 5.61. The Bertz CT molecular complexity index is 1150. The Balaban J connectivity index is 1.81. The molecule has 0 amide bonds. The average Bonchev–Trinajstić information content (AvgIpc) is 3.34. The molecule has 1 aromatic carbocycles. The van der Waals surface area contributed by atoms with Crippen LogP contribution in [0.4, 0.5) is 0 Å². The number of halogens is 1. The number of nitrogens with zero attached hydrogens (tertiary/aromatic N) is 4. The standard InChI is InChI=1S/C21H15BrN4O/c1-13-21-20(18-6-4-10-27-18)24-12-26(21)17-8-7-14(22)11-15(17)19(25-13)16-5-2-3-9-23-16/h2-13H,1H3/t13-/m1/s1. The molecule has 4 aromatic rings. The van der Waals surface area contributed by atoms with Crippen molar-refractivity contribution in [3.8, 4) is 17.1 Å². The van der Waals surface area contributed by atoms with Crippen LogP contribution < -0.4 is 0 Å². The second-order valence-corrected chi connectivity index (χ2v) is 7.27. The summed E-state index contributed by atoms with van der Waals surface area (Å²) in [6.45, 7) is 2.07. The molecule has 0 N–H and O–H groups in total. The number of pyridine rings is 1. The number of aliphatic imine (C=N–C) groups is 1. The molecule has 3 aromatic heterocycles. The van der Waals surface area contributed by atoms with Crippen molar-refractivity contribution in [3.63, 3.8) is 0 Å². The number of rotatable bonds is 2. The zero-order valence-corrected chi connectivity index (χ0v) is 16.1. The summed E-state index contributed by atoms with van der Waals surface area (Å²) in [6, 6.07) is 15.7. The van der Waals surface area contributed by atoms with Gasteiger partial charge >= 0.3 is 0 Å². The van der Waals surface area contributed by atoms with Crippen molar-refractivity contribution >= 4 is 21.6 Å². The van der Waals surface area contributed by atoms with E-state index in [1.165, 1.54) is 0 Å². The van der Waals surface area contributed by atoms with Crippen LogP contribution in [0.5, 0.6) is 0 Å². The van der Waals surface area contributed by atoms with Crippen molar-refractivity contribution in [2.75, 3.05) is 0 Å². The number of benzene rings is 1. The Morgan fingerprint density at radius 1 is 1.07 bits per heavy atom. The lowest BCUT2D eigenvalue weighted by Gasteiger charge is -2.12. The van der Waals surface area contributed by atoms with Gasteiger partial charge in [-0.3, -0.25) is 14.5 Å². The summed E-state index contributed by atoms with van der Waals surface area (Å²) in [5.41, 5.74) is 5.56. The molecule has 0 aliphatic carbocycles. The van der Waals surface area contributed by atoms with Gasteiger partial charge < -0.3 is 4.42 Å². The topological polar surface area (TPSA) is 56.2 Å². The first-order chi connectivity index (χ1) is 13.2. The third-order valence-corrected chi connectivity index (χ3v) is 5.15. The number of furan rings is 1. The highest BCUT2D eigenvalue weighted by atomic mass is 79.9. The van der Waals surface area contributed by atoms with Gasteiger partial charge in [0.05, 0.1) is 35.1 Å². The first-order valence-corrected chi connectivity index (χ1v) is 9.42. The fourth-order valence-electron chi connectivity index (χ4n) is 3.49. The van der Waals surface area contributed by atoms with Gasteiger partial charge in [-0.15, -0.1) is 0 Å². The van der Waals surface area contributed by atoms with Crippen LogP contribution in [-0.4, -0.2) is 20.2 Å². The van der Waals surface area contributed by atoms with Crippen LogP contribution in [0.1, 0.15) is 29.9 Å². The van der Waals surface area contributed by atoms with E-state index in [-0.39, 0.29) is 6.04 Å². The first kappa shape index (κ1) is 16.2. The summed E-state index contributed by atoms with van der Waals surface area (Å²) in [5, 5.41) is 0. The summed E-state index contributed by atoms with van der Waals surface area (Å²) in [5.74, 6) is 0.741. The quantitative estimate of drug-likeness (QED) is 0.449. The second kappa shape index (κ2) is 6.32. The van der Waals surface area contributed by atoms with Gasteiger partial charge in [0, 0.05) is 16.2 Å². The molecule has 0 bridgehead atoms. The minimum Gasteiger partial charge on any atom is -0.463 e. The third-order valence-electron chi connectivity index (χ3n) is 4.66. The van der Waals surface area contributed by atoms with Gasteiger partial charge in [-0.1, -0.05) is 22.0 Å². The molecule has 0 radical (unpaired) electrons. The van der Waals surface area contributed by atoms with Crippen molar-refractivity contribution in [1.29, 1.82) is 0 Å². The van der Waals surface area contributed by atoms with Crippen molar-refractivity contribution in [2.24, 2.45) is 4.99 Å². The van der Waals surface area contributed by atoms with E-state index < -0.39 is 0 Å². The van der Waals surface area contributed by atoms with Crippen LogP contribution in [0.25, 0.3) is 17.1 Å². The molecule has 6 heteroatoms. The zero-order valence-electron chi connectivity index (χ0n) is 14.5. The molecule has 5 rings (SSSR count). The fraction of sp³-hybridized carbons (Fsp3) is 0.0952. The molecule has 0 fully saturated rings. The second-order valence-electron chi connectivity index (χ2n) is 6.36. The molecule has 0 saturated heterocycles. The molecule has 0 unspecified atom stereocenters. The molecule has 0 saturated carbocycles. The summed E-state index contributed by atoms with van der Waals surface area (Å²) < 4.78 is 8.70. The van der Waals surface area contributed by atoms with Crippen LogP contribution in [0.15, 0.2) is 81.2 Å². The third kappa shape index (κ3) is 2.64. The molecular formula is C21H15BrN4O. The summed E-state index contributed by atoms with van der Waals surface area (Å²) in [6.07, 6.45) is 5.30. The van der Waals surface area contributed by atoms with Crippen molar-refractivity contribution in [1.82, 2.24) is 14.5 Å². The number of hydrogen-bond donors (Lipinski definition) is 0. The molecule has 4 heterocycles. The highest BCUT2D eigenvalue weighted by Gasteiger charge is 2.27. The minimum absolute atomic E-state index is 0.115. The predicted octanol–water partition coefficient (Wildman–Crippen LogP) is 5.20. The van der Waals surface area contributed by atoms with E-state index in [0.717, 1.165) is 44.3 Å². The predicted molar refractivity (Wildman–Crippen MR) is 107 cm³/mol. The van der Waals surface area contributed by atoms with Gasteiger partial charge in [0.15, 0.2) is 5.76 Å². The summed E-state index contributed by atoms with van der Waals surface area (Å²) in [7, 11) is 0. The van der Waals surface area contributed by atoms with Gasteiger partial charge in [0.25, 0.3) is 0 Å². The molecule has 0 spiro atoms. The highest BCUT2D eigenvalue weighted by molar-refractivity contribution is 9.10. The number of hydrogen-bond acceptors (Lipinski definition) is 4. The van der Waals surface area contributed by atoms with E-state index in [0.29, 0.717) is 0 Å². The maximum atomic E-state index is 5.61. The van der Waals surface area contributed by atoms with E-state index in [1.807, 2.05) is 42.7 Å². The Morgan fingerprint density at radius 3 is 2.78 bits per heavy atom. The van der Waals surface area contributed by atoms with E-state index in [4.69, 9.17) is 9.41 Å². The Kier molecular flexibility index (Phi) is 3.79. The first-order valence-electron chi connectivity index (χ1n) is 8.63. The molecular weight excluding hydrogens is 404 g/mol. The normalized spacial score (nSPS) is 15.6.